The van der Waals surface area contributed by atoms with Crippen LogP contribution in [0.1, 0.15) is 50.0 Å². The molecule has 1 aromatic rings. The van der Waals surface area contributed by atoms with Crippen LogP contribution in [0.15, 0.2) is 6.07 Å². The van der Waals surface area contributed by atoms with Crippen molar-refractivity contribution in [1.29, 1.82) is 0 Å². The normalized spacial score (nSPS) is 17.7. The maximum absolute atomic E-state index is 11.3. The third kappa shape index (κ3) is 3.72. The number of hydrogen-bond donors (Lipinski definition) is 2. The minimum Gasteiger partial charge on any atom is -0.395 e. The van der Waals surface area contributed by atoms with Crippen molar-refractivity contribution < 1.29 is 15.1 Å². The van der Waals surface area contributed by atoms with Crippen molar-refractivity contribution in [2.45, 2.75) is 51.2 Å². The molecule has 0 unspecified atom stereocenters. The van der Waals surface area contributed by atoms with Gasteiger partial charge in [0.05, 0.1) is 17.6 Å². The summed E-state index contributed by atoms with van der Waals surface area (Å²) in [4.78, 5) is 13.5. The largest absolute Gasteiger partial charge is 0.395 e. The molecule has 1 heterocycles. The highest BCUT2D eigenvalue weighted by Crippen LogP contribution is 2.42. The van der Waals surface area contributed by atoms with Gasteiger partial charge < -0.3 is 15.1 Å². The lowest BCUT2D eigenvalue weighted by atomic mass is 9.94. The molecule has 7 heteroatoms. The second kappa shape index (κ2) is 7.20. The van der Waals surface area contributed by atoms with Crippen molar-refractivity contribution in [3.8, 4) is 0 Å². The van der Waals surface area contributed by atoms with Crippen LogP contribution in [0.3, 0.4) is 0 Å². The van der Waals surface area contributed by atoms with Crippen molar-refractivity contribution in [3.63, 3.8) is 0 Å². The van der Waals surface area contributed by atoms with Gasteiger partial charge in [0.15, 0.2) is 5.00 Å². The molecule has 1 aliphatic rings. The summed E-state index contributed by atoms with van der Waals surface area (Å²) in [5.74, 6) is 0. The standard InChI is InChI=1S/C14H22N2O4S/c1-10(18)13-9-12(16(19)20)14(21-13)15(7-8-17)11-5-3-2-4-6-11/h9-11,17-18H,2-8H2,1H3/t10-/m1/s1. The first-order valence-corrected chi connectivity index (χ1v) is 8.20. The van der Waals surface area contributed by atoms with Gasteiger partial charge in [0.2, 0.25) is 0 Å². The Balaban J connectivity index is 2.35. The summed E-state index contributed by atoms with van der Waals surface area (Å²) in [6.07, 6.45) is 4.72. The number of hydrogen-bond acceptors (Lipinski definition) is 6. The van der Waals surface area contributed by atoms with E-state index in [0.717, 1.165) is 25.7 Å². The van der Waals surface area contributed by atoms with Crippen LogP contribution in [0, 0.1) is 10.1 Å². The molecule has 1 atom stereocenters. The number of aliphatic hydroxyl groups excluding tert-OH is 2. The molecule has 0 bridgehead atoms. The van der Waals surface area contributed by atoms with Gasteiger partial charge in [-0.25, -0.2) is 0 Å². The Bertz CT molecular complexity index is 483. The Morgan fingerprint density at radius 2 is 2.14 bits per heavy atom. The second-order valence-electron chi connectivity index (χ2n) is 5.48. The molecule has 0 spiro atoms. The zero-order valence-corrected chi connectivity index (χ0v) is 13.0. The van der Waals surface area contributed by atoms with Gasteiger partial charge in [0.25, 0.3) is 0 Å². The minimum absolute atomic E-state index is 0.0322. The number of anilines is 1. The van der Waals surface area contributed by atoms with Gasteiger partial charge in [0, 0.05) is 23.5 Å². The van der Waals surface area contributed by atoms with Gasteiger partial charge in [-0.3, -0.25) is 10.1 Å². The third-order valence-electron chi connectivity index (χ3n) is 3.94. The molecule has 0 amide bonds. The van der Waals surface area contributed by atoms with E-state index in [-0.39, 0.29) is 18.3 Å². The summed E-state index contributed by atoms with van der Waals surface area (Å²) < 4.78 is 0. The molecule has 1 aromatic heterocycles. The molecule has 118 valence electrons. The molecule has 1 saturated carbocycles. The molecule has 2 rings (SSSR count). The monoisotopic (exact) mass is 314 g/mol. The molecule has 0 radical (unpaired) electrons. The van der Waals surface area contributed by atoms with E-state index < -0.39 is 11.0 Å². The Morgan fingerprint density at radius 1 is 1.48 bits per heavy atom. The summed E-state index contributed by atoms with van der Waals surface area (Å²) >= 11 is 1.26. The lowest BCUT2D eigenvalue weighted by Crippen LogP contribution is -2.38. The average Bonchev–Trinajstić information content (AvgIpc) is 2.91. The van der Waals surface area contributed by atoms with E-state index in [1.54, 1.807) is 6.92 Å². The predicted molar refractivity (Wildman–Crippen MR) is 82.9 cm³/mol. The van der Waals surface area contributed by atoms with Crippen molar-refractivity contribution in [3.05, 3.63) is 21.1 Å². The van der Waals surface area contributed by atoms with E-state index in [4.69, 9.17) is 0 Å². The van der Waals surface area contributed by atoms with Gasteiger partial charge in [0.1, 0.15) is 0 Å². The molecular formula is C14H22N2O4S. The zero-order chi connectivity index (χ0) is 15.4. The van der Waals surface area contributed by atoms with Crippen molar-refractivity contribution in [1.82, 2.24) is 0 Å². The first-order valence-electron chi connectivity index (χ1n) is 7.38. The third-order valence-corrected chi connectivity index (χ3v) is 5.27. The van der Waals surface area contributed by atoms with E-state index in [1.165, 1.54) is 23.8 Å². The van der Waals surface area contributed by atoms with Gasteiger partial charge in [-0.15, -0.1) is 11.3 Å². The average molecular weight is 314 g/mol. The predicted octanol–water partition coefficient (Wildman–Crippen LogP) is 2.84. The SMILES string of the molecule is C[C@@H](O)c1cc([N+](=O)[O-])c(N(CCO)C2CCCCC2)s1. The van der Waals surface area contributed by atoms with Gasteiger partial charge >= 0.3 is 5.69 Å². The van der Waals surface area contributed by atoms with Crippen LogP contribution in [0.4, 0.5) is 10.7 Å². The second-order valence-corrected chi connectivity index (χ2v) is 6.54. The molecule has 0 aliphatic heterocycles. The highest BCUT2D eigenvalue weighted by Gasteiger charge is 2.30. The summed E-state index contributed by atoms with van der Waals surface area (Å²) in [6.45, 7) is 1.97. The fraction of sp³-hybridized carbons (Fsp3) is 0.714. The highest BCUT2D eigenvalue weighted by molar-refractivity contribution is 7.16. The number of thiophene rings is 1. The first-order chi connectivity index (χ1) is 10.0. The summed E-state index contributed by atoms with van der Waals surface area (Å²) in [6, 6.07) is 1.70. The lowest BCUT2D eigenvalue weighted by Gasteiger charge is -2.34. The quantitative estimate of drug-likeness (QED) is 0.623. The molecule has 2 N–H and O–H groups in total. The summed E-state index contributed by atoms with van der Waals surface area (Å²) in [5, 5.41) is 30.9. The zero-order valence-electron chi connectivity index (χ0n) is 12.2. The molecule has 0 aromatic carbocycles. The van der Waals surface area contributed by atoms with Crippen LogP contribution in [-0.4, -0.2) is 34.3 Å². The van der Waals surface area contributed by atoms with Gasteiger partial charge in [-0.1, -0.05) is 19.3 Å². The Kier molecular flexibility index (Phi) is 5.55. The van der Waals surface area contributed by atoms with E-state index in [2.05, 4.69) is 0 Å². The van der Waals surface area contributed by atoms with Crippen LogP contribution in [0.25, 0.3) is 0 Å². The summed E-state index contributed by atoms with van der Waals surface area (Å²) in [7, 11) is 0. The Hall–Kier alpha value is -1.18. The van der Waals surface area contributed by atoms with Crippen molar-refractivity contribution in [2.75, 3.05) is 18.1 Å². The topological polar surface area (TPSA) is 86.8 Å². The van der Waals surface area contributed by atoms with E-state index >= 15 is 0 Å². The Labute approximate surface area is 128 Å². The smallest absolute Gasteiger partial charge is 0.304 e. The lowest BCUT2D eigenvalue weighted by molar-refractivity contribution is -0.383. The van der Waals surface area contributed by atoms with Gasteiger partial charge in [-0.2, -0.15) is 0 Å². The van der Waals surface area contributed by atoms with E-state index in [9.17, 15) is 20.3 Å². The number of rotatable bonds is 6. The van der Waals surface area contributed by atoms with Crippen LogP contribution < -0.4 is 4.90 Å². The fourth-order valence-corrected chi connectivity index (χ4v) is 4.04. The molecule has 1 aliphatic carbocycles. The molecular weight excluding hydrogens is 292 g/mol. The van der Waals surface area contributed by atoms with Gasteiger partial charge in [-0.05, 0) is 19.8 Å². The van der Waals surface area contributed by atoms with Crippen LogP contribution in [0.2, 0.25) is 0 Å². The van der Waals surface area contributed by atoms with E-state index in [1.807, 2.05) is 4.90 Å². The van der Waals surface area contributed by atoms with Crippen molar-refractivity contribution in [2.24, 2.45) is 0 Å². The maximum atomic E-state index is 11.3. The minimum atomic E-state index is -0.718. The molecule has 21 heavy (non-hydrogen) atoms. The van der Waals surface area contributed by atoms with Crippen LogP contribution in [-0.2, 0) is 0 Å². The molecule has 0 saturated heterocycles. The highest BCUT2D eigenvalue weighted by atomic mass is 32.1. The summed E-state index contributed by atoms with van der Waals surface area (Å²) in [5.41, 5.74) is 0.0370. The van der Waals surface area contributed by atoms with Crippen LogP contribution in [0.5, 0.6) is 0 Å². The fourth-order valence-electron chi connectivity index (χ4n) is 2.88. The number of aliphatic hydroxyl groups is 2. The number of nitro groups is 1. The number of nitrogens with zero attached hydrogens (tertiary/aromatic N) is 2. The molecule has 6 nitrogen and oxygen atoms in total. The molecule has 1 fully saturated rings. The maximum Gasteiger partial charge on any atom is 0.304 e. The van der Waals surface area contributed by atoms with Crippen LogP contribution >= 0.6 is 11.3 Å². The van der Waals surface area contributed by atoms with Crippen molar-refractivity contribution >= 4 is 22.0 Å². The first kappa shape index (κ1) is 16.2. The van der Waals surface area contributed by atoms with E-state index in [0.29, 0.717) is 16.4 Å². The Morgan fingerprint density at radius 3 is 2.67 bits per heavy atom.